The van der Waals surface area contributed by atoms with Crippen molar-refractivity contribution in [2.24, 2.45) is 23.2 Å². The zero-order valence-electron chi connectivity index (χ0n) is 16.5. The maximum Gasteiger partial charge on any atom is 0.207 e. The molecular weight excluding hydrogens is 332 g/mol. The SMILES string of the molecule is CCC(C#CC1CC2C(CC23OCCO3)C1O)(O[Si](C)C)C(C)(C)C. The van der Waals surface area contributed by atoms with Gasteiger partial charge in [0.05, 0.1) is 19.3 Å². The average molecular weight is 366 g/mol. The molecule has 5 heteroatoms. The minimum atomic E-state index is -0.875. The summed E-state index contributed by atoms with van der Waals surface area (Å²) in [6, 6.07) is 0. The maximum absolute atomic E-state index is 10.7. The summed E-state index contributed by atoms with van der Waals surface area (Å²) in [5, 5.41) is 10.7. The number of aliphatic hydroxyl groups is 1. The molecule has 25 heavy (non-hydrogen) atoms. The molecule has 5 unspecified atom stereocenters. The van der Waals surface area contributed by atoms with Gasteiger partial charge in [0.1, 0.15) is 5.60 Å². The summed E-state index contributed by atoms with van der Waals surface area (Å²) >= 11 is 0. The highest BCUT2D eigenvalue weighted by Gasteiger charge is 2.64. The third kappa shape index (κ3) is 3.21. The van der Waals surface area contributed by atoms with E-state index in [9.17, 15) is 5.11 Å². The Morgan fingerprint density at radius 3 is 2.40 bits per heavy atom. The van der Waals surface area contributed by atoms with E-state index in [-0.39, 0.29) is 29.3 Å². The number of aliphatic hydroxyl groups excluding tert-OH is 1. The number of rotatable bonds is 3. The lowest BCUT2D eigenvalue weighted by molar-refractivity contribution is -0.275. The van der Waals surface area contributed by atoms with Gasteiger partial charge in [0.25, 0.3) is 0 Å². The van der Waals surface area contributed by atoms with E-state index < -0.39 is 20.4 Å². The van der Waals surface area contributed by atoms with Crippen LogP contribution >= 0.6 is 0 Å². The lowest BCUT2D eigenvalue weighted by atomic mass is 9.69. The van der Waals surface area contributed by atoms with Gasteiger partial charge < -0.3 is 19.0 Å². The molecule has 0 aromatic rings. The lowest BCUT2D eigenvalue weighted by Gasteiger charge is -2.48. The Hall–Kier alpha value is -0.383. The molecule has 0 amide bonds. The molecule has 3 rings (SSSR count). The van der Waals surface area contributed by atoms with Crippen molar-refractivity contribution < 1.29 is 19.0 Å². The van der Waals surface area contributed by atoms with E-state index in [2.05, 4.69) is 52.6 Å². The van der Waals surface area contributed by atoms with Crippen LogP contribution in [0.15, 0.2) is 0 Å². The third-order valence-electron chi connectivity index (χ3n) is 6.28. The smallest absolute Gasteiger partial charge is 0.207 e. The van der Waals surface area contributed by atoms with Gasteiger partial charge in [0, 0.05) is 23.7 Å². The molecule has 141 valence electrons. The summed E-state index contributed by atoms with van der Waals surface area (Å²) in [7, 11) is -0.875. The van der Waals surface area contributed by atoms with Crippen molar-refractivity contribution in [3.8, 4) is 11.8 Å². The Balaban J connectivity index is 1.79. The topological polar surface area (TPSA) is 47.9 Å². The molecule has 1 radical (unpaired) electrons. The van der Waals surface area contributed by atoms with Gasteiger partial charge in [-0.25, -0.2) is 0 Å². The van der Waals surface area contributed by atoms with E-state index in [0.29, 0.717) is 13.2 Å². The number of fused-ring (bicyclic) bond motifs is 2. The van der Waals surface area contributed by atoms with Crippen LogP contribution in [0.3, 0.4) is 0 Å². The molecule has 1 spiro atoms. The van der Waals surface area contributed by atoms with Crippen LogP contribution in [0.2, 0.25) is 13.1 Å². The molecule has 4 nitrogen and oxygen atoms in total. The second kappa shape index (κ2) is 6.65. The number of hydrogen-bond donors (Lipinski definition) is 1. The molecule has 1 N–H and O–H groups in total. The molecule has 3 aliphatic rings. The second-order valence-corrected chi connectivity index (χ2v) is 11.0. The molecule has 2 aliphatic carbocycles. The monoisotopic (exact) mass is 365 g/mol. The van der Waals surface area contributed by atoms with Gasteiger partial charge in [-0.05, 0) is 31.9 Å². The highest BCUT2D eigenvalue weighted by molar-refractivity contribution is 6.48. The highest BCUT2D eigenvalue weighted by atomic mass is 28.3. The lowest BCUT2D eigenvalue weighted by Crippen LogP contribution is -2.54. The molecule has 1 saturated heterocycles. The van der Waals surface area contributed by atoms with E-state index >= 15 is 0 Å². The van der Waals surface area contributed by atoms with Gasteiger partial charge in [-0.15, -0.1) is 0 Å². The predicted molar refractivity (Wildman–Crippen MR) is 99.2 cm³/mol. The van der Waals surface area contributed by atoms with Crippen molar-refractivity contribution in [3.05, 3.63) is 0 Å². The van der Waals surface area contributed by atoms with E-state index in [1.807, 2.05) is 0 Å². The van der Waals surface area contributed by atoms with Crippen LogP contribution in [-0.2, 0) is 13.9 Å². The van der Waals surface area contributed by atoms with Crippen molar-refractivity contribution in [1.29, 1.82) is 0 Å². The standard InChI is InChI=1S/C20H33O4Si/c1-7-19(18(2,3)4,24-25(5)6)9-8-14-12-16-15(17(14)21)13-20(16)22-10-11-23-20/h14-17,21H,7,10-13H2,1-6H3. The Morgan fingerprint density at radius 2 is 1.88 bits per heavy atom. The summed E-state index contributed by atoms with van der Waals surface area (Å²) in [4.78, 5) is 0. The van der Waals surface area contributed by atoms with E-state index in [1.165, 1.54) is 0 Å². The van der Waals surface area contributed by atoms with Crippen molar-refractivity contribution in [2.75, 3.05) is 13.2 Å². The first-order chi connectivity index (χ1) is 11.6. The van der Waals surface area contributed by atoms with Crippen molar-refractivity contribution in [2.45, 2.75) is 77.5 Å². The van der Waals surface area contributed by atoms with E-state index in [0.717, 1.165) is 19.3 Å². The molecule has 2 saturated carbocycles. The first-order valence-electron chi connectivity index (χ1n) is 9.62. The summed E-state index contributed by atoms with van der Waals surface area (Å²) in [5.41, 5.74) is -0.525. The van der Waals surface area contributed by atoms with Crippen LogP contribution in [0.4, 0.5) is 0 Å². The van der Waals surface area contributed by atoms with Crippen LogP contribution in [0, 0.1) is 35.0 Å². The molecule has 5 atom stereocenters. The van der Waals surface area contributed by atoms with E-state index in [4.69, 9.17) is 13.9 Å². The molecule has 0 aromatic heterocycles. The average Bonchev–Trinajstić information content (AvgIpc) is 3.08. The summed E-state index contributed by atoms with van der Waals surface area (Å²) in [6.45, 7) is 14.4. The second-order valence-electron chi connectivity index (χ2n) is 9.03. The van der Waals surface area contributed by atoms with Crippen LogP contribution < -0.4 is 0 Å². The Labute approximate surface area is 154 Å². The fourth-order valence-electron chi connectivity index (χ4n) is 4.77. The summed E-state index contributed by atoms with van der Waals surface area (Å²) in [5.74, 6) is 7.02. The molecule has 3 fully saturated rings. The minimum absolute atomic E-state index is 0.0107. The molecule has 1 heterocycles. The summed E-state index contributed by atoms with van der Waals surface area (Å²) < 4.78 is 18.1. The first-order valence-corrected chi connectivity index (χ1v) is 12.0. The Bertz CT molecular complexity index is 552. The maximum atomic E-state index is 10.7. The molecule has 1 aliphatic heterocycles. The fourth-order valence-corrected chi connectivity index (χ4v) is 5.97. The van der Waals surface area contributed by atoms with Crippen molar-refractivity contribution in [1.82, 2.24) is 0 Å². The van der Waals surface area contributed by atoms with Crippen molar-refractivity contribution >= 4 is 9.04 Å². The normalized spacial score (nSPS) is 35.8. The van der Waals surface area contributed by atoms with Crippen LogP contribution in [-0.4, -0.2) is 44.9 Å². The zero-order chi connectivity index (χ0) is 18.5. The third-order valence-corrected chi connectivity index (χ3v) is 7.04. The highest BCUT2D eigenvalue weighted by Crippen LogP contribution is 2.59. The van der Waals surface area contributed by atoms with Gasteiger partial charge in [0.15, 0.2) is 5.79 Å². The summed E-state index contributed by atoms with van der Waals surface area (Å²) in [6.07, 6.45) is 2.14. The van der Waals surface area contributed by atoms with Gasteiger partial charge >= 0.3 is 0 Å². The van der Waals surface area contributed by atoms with Crippen LogP contribution in [0.5, 0.6) is 0 Å². The molecular formula is C20H33O4Si. The quantitative estimate of drug-likeness (QED) is 0.616. The van der Waals surface area contributed by atoms with Gasteiger partial charge in [-0.1, -0.05) is 39.5 Å². The van der Waals surface area contributed by atoms with Crippen LogP contribution in [0.1, 0.15) is 47.0 Å². The Kier molecular flexibility index (Phi) is 5.16. The Morgan fingerprint density at radius 1 is 1.24 bits per heavy atom. The van der Waals surface area contributed by atoms with Gasteiger partial charge in [-0.3, -0.25) is 0 Å². The molecule has 0 aromatic carbocycles. The minimum Gasteiger partial charge on any atom is -0.401 e. The fraction of sp³-hybridized carbons (Fsp3) is 0.900. The van der Waals surface area contributed by atoms with Gasteiger partial charge in [0.2, 0.25) is 9.04 Å². The zero-order valence-corrected chi connectivity index (χ0v) is 17.5. The number of hydrogen-bond acceptors (Lipinski definition) is 4. The molecule has 0 bridgehead atoms. The van der Waals surface area contributed by atoms with Gasteiger partial charge in [-0.2, -0.15) is 0 Å². The van der Waals surface area contributed by atoms with E-state index in [1.54, 1.807) is 0 Å². The predicted octanol–water partition coefficient (Wildman–Crippen LogP) is 3.21. The van der Waals surface area contributed by atoms with Crippen molar-refractivity contribution in [3.63, 3.8) is 0 Å². The van der Waals surface area contributed by atoms with Crippen LogP contribution in [0.25, 0.3) is 0 Å². The number of ether oxygens (including phenoxy) is 2. The first kappa shape index (κ1) is 19.4. The largest absolute Gasteiger partial charge is 0.401 e.